The molecule has 0 radical (unpaired) electrons. The summed E-state index contributed by atoms with van der Waals surface area (Å²) in [6.45, 7) is 1.47. The number of Topliss-reactive ketones (excluding diaryl/α,β-unsaturated/α-hetero) is 1. The molecule has 0 aliphatic carbocycles. The van der Waals surface area contributed by atoms with Crippen LogP contribution in [0.2, 0.25) is 0 Å². The van der Waals surface area contributed by atoms with Crippen LogP contribution in [0.15, 0.2) is 18.2 Å². The summed E-state index contributed by atoms with van der Waals surface area (Å²) in [5, 5.41) is 9.09. The van der Waals surface area contributed by atoms with Crippen LogP contribution in [0.4, 0.5) is 0 Å². The van der Waals surface area contributed by atoms with Gasteiger partial charge < -0.3 is 9.47 Å². The van der Waals surface area contributed by atoms with E-state index in [2.05, 4.69) is 6.07 Å². The highest BCUT2D eigenvalue weighted by molar-refractivity contribution is 5.77. The van der Waals surface area contributed by atoms with Gasteiger partial charge in [-0.1, -0.05) is 6.07 Å². The molecule has 1 atom stereocenters. The molecule has 0 saturated carbocycles. The van der Waals surface area contributed by atoms with E-state index < -0.39 is 5.92 Å². The molecule has 0 fully saturated rings. The molecular formula is C13H15NO3. The number of carbonyl (C=O) groups excluding carboxylic acids is 1. The molecule has 1 aromatic rings. The highest BCUT2D eigenvalue weighted by Gasteiger charge is 2.18. The standard InChI is InChI=1S/C13H15NO3/c1-9(15)6-10(8-14)12-5-4-11(16-2)7-13(12)17-3/h4-5,7,10H,6H2,1-3H3. The molecule has 4 nitrogen and oxygen atoms in total. The van der Waals surface area contributed by atoms with Crippen molar-refractivity contribution in [2.45, 2.75) is 19.3 Å². The predicted molar refractivity (Wildman–Crippen MR) is 63.2 cm³/mol. The van der Waals surface area contributed by atoms with Crippen molar-refractivity contribution in [2.24, 2.45) is 0 Å². The van der Waals surface area contributed by atoms with Gasteiger partial charge in [-0.3, -0.25) is 4.79 Å². The minimum Gasteiger partial charge on any atom is -0.497 e. The van der Waals surface area contributed by atoms with Crippen molar-refractivity contribution < 1.29 is 14.3 Å². The average Bonchev–Trinajstić information content (AvgIpc) is 2.35. The van der Waals surface area contributed by atoms with E-state index in [4.69, 9.17) is 14.7 Å². The van der Waals surface area contributed by atoms with Crippen molar-refractivity contribution in [1.82, 2.24) is 0 Å². The Morgan fingerprint density at radius 3 is 2.59 bits per heavy atom. The summed E-state index contributed by atoms with van der Waals surface area (Å²) >= 11 is 0. The zero-order valence-electron chi connectivity index (χ0n) is 10.2. The molecular weight excluding hydrogens is 218 g/mol. The van der Waals surface area contributed by atoms with Gasteiger partial charge in [-0.2, -0.15) is 5.26 Å². The smallest absolute Gasteiger partial charge is 0.131 e. The Hall–Kier alpha value is -2.02. The van der Waals surface area contributed by atoms with E-state index in [1.54, 1.807) is 25.3 Å². The number of methoxy groups -OCH3 is 2. The zero-order chi connectivity index (χ0) is 12.8. The molecule has 0 N–H and O–H groups in total. The van der Waals surface area contributed by atoms with Gasteiger partial charge in [0.2, 0.25) is 0 Å². The summed E-state index contributed by atoms with van der Waals surface area (Å²) in [4.78, 5) is 11.1. The molecule has 0 saturated heterocycles. The molecule has 1 rings (SSSR count). The van der Waals surface area contributed by atoms with E-state index in [1.165, 1.54) is 14.0 Å². The second-order valence-electron chi connectivity index (χ2n) is 3.70. The minimum absolute atomic E-state index is 0.0191. The number of ether oxygens (including phenoxy) is 2. The number of nitrogens with zero attached hydrogens (tertiary/aromatic N) is 1. The van der Waals surface area contributed by atoms with E-state index in [-0.39, 0.29) is 12.2 Å². The lowest BCUT2D eigenvalue weighted by Gasteiger charge is -2.13. The van der Waals surface area contributed by atoms with Gasteiger partial charge in [-0.05, 0) is 13.0 Å². The second-order valence-corrected chi connectivity index (χ2v) is 3.70. The Bertz CT molecular complexity index is 448. The van der Waals surface area contributed by atoms with Gasteiger partial charge >= 0.3 is 0 Å². The Labute approximate surface area is 101 Å². The van der Waals surface area contributed by atoms with Crippen LogP contribution in [0.25, 0.3) is 0 Å². The SMILES string of the molecule is COc1ccc(C(C#N)CC(C)=O)c(OC)c1. The van der Waals surface area contributed by atoms with E-state index >= 15 is 0 Å². The molecule has 17 heavy (non-hydrogen) atoms. The molecule has 0 aliphatic heterocycles. The van der Waals surface area contributed by atoms with E-state index in [0.717, 1.165) is 0 Å². The first-order valence-electron chi connectivity index (χ1n) is 5.23. The van der Waals surface area contributed by atoms with Crippen molar-refractivity contribution in [3.05, 3.63) is 23.8 Å². The molecule has 1 unspecified atom stereocenters. The molecule has 0 spiro atoms. The van der Waals surface area contributed by atoms with Crippen molar-refractivity contribution >= 4 is 5.78 Å². The summed E-state index contributed by atoms with van der Waals surface area (Å²) in [5.74, 6) is 0.727. The number of benzene rings is 1. The lowest BCUT2D eigenvalue weighted by Crippen LogP contribution is -2.04. The molecule has 4 heteroatoms. The highest BCUT2D eigenvalue weighted by Crippen LogP contribution is 2.32. The first-order valence-corrected chi connectivity index (χ1v) is 5.23. The van der Waals surface area contributed by atoms with Crippen LogP contribution >= 0.6 is 0 Å². The van der Waals surface area contributed by atoms with Gasteiger partial charge in [0.05, 0.1) is 26.2 Å². The zero-order valence-corrected chi connectivity index (χ0v) is 10.2. The van der Waals surface area contributed by atoms with E-state index in [1.807, 2.05) is 0 Å². The topological polar surface area (TPSA) is 59.3 Å². The monoisotopic (exact) mass is 233 g/mol. The fourth-order valence-electron chi connectivity index (χ4n) is 1.62. The van der Waals surface area contributed by atoms with Crippen molar-refractivity contribution in [3.63, 3.8) is 0 Å². The molecule has 0 bridgehead atoms. The lowest BCUT2D eigenvalue weighted by molar-refractivity contribution is -0.117. The van der Waals surface area contributed by atoms with Crippen molar-refractivity contribution in [2.75, 3.05) is 14.2 Å². The van der Waals surface area contributed by atoms with E-state index in [0.29, 0.717) is 17.1 Å². The van der Waals surface area contributed by atoms with Crippen LogP contribution in [-0.2, 0) is 4.79 Å². The van der Waals surface area contributed by atoms with Crippen LogP contribution in [0, 0.1) is 11.3 Å². The maximum absolute atomic E-state index is 11.1. The van der Waals surface area contributed by atoms with Crippen LogP contribution in [0.3, 0.4) is 0 Å². The first kappa shape index (κ1) is 13.0. The van der Waals surface area contributed by atoms with Crippen molar-refractivity contribution in [3.8, 4) is 17.6 Å². The Kier molecular flexibility index (Phi) is 4.53. The minimum atomic E-state index is -0.478. The number of ketones is 1. The number of rotatable bonds is 5. The maximum atomic E-state index is 11.1. The highest BCUT2D eigenvalue weighted by atomic mass is 16.5. The first-order chi connectivity index (χ1) is 8.12. The summed E-state index contributed by atoms with van der Waals surface area (Å²) in [6.07, 6.45) is 0.194. The summed E-state index contributed by atoms with van der Waals surface area (Å²) < 4.78 is 10.3. The predicted octanol–water partition coefficient (Wildman–Crippen LogP) is 2.29. The summed E-state index contributed by atoms with van der Waals surface area (Å²) in [6, 6.07) is 7.34. The van der Waals surface area contributed by atoms with Gasteiger partial charge in [0.15, 0.2) is 0 Å². The second kappa shape index (κ2) is 5.90. The fourth-order valence-corrected chi connectivity index (χ4v) is 1.62. The maximum Gasteiger partial charge on any atom is 0.131 e. The molecule has 0 aromatic heterocycles. The van der Waals surface area contributed by atoms with Crippen LogP contribution < -0.4 is 9.47 Å². The number of carbonyl (C=O) groups is 1. The number of hydrogen-bond acceptors (Lipinski definition) is 4. The Morgan fingerprint density at radius 2 is 2.12 bits per heavy atom. The lowest BCUT2D eigenvalue weighted by atomic mass is 9.94. The third kappa shape index (κ3) is 3.22. The van der Waals surface area contributed by atoms with Crippen molar-refractivity contribution in [1.29, 1.82) is 5.26 Å². The molecule has 90 valence electrons. The Balaban J connectivity index is 3.11. The summed E-state index contributed by atoms with van der Waals surface area (Å²) in [7, 11) is 3.09. The third-order valence-electron chi connectivity index (χ3n) is 2.46. The largest absolute Gasteiger partial charge is 0.497 e. The van der Waals surface area contributed by atoms with Crippen LogP contribution in [0.1, 0.15) is 24.8 Å². The third-order valence-corrected chi connectivity index (χ3v) is 2.46. The Morgan fingerprint density at radius 1 is 1.41 bits per heavy atom. The molecule has 0 heterocycles. The fraction of sp³-hybridized carbons (Fsp3) is 0.385. The van der Waals surface area contributed by atoms with Gasteiger partial charge in [0.1, 0.15) is 17.3 Å². The van der Waals surface area contributed by atoms with Gasteiger partial charge in [0.25, 0.3) is 0 Å². The number of nitriles is 1. The molecule has 0 aliphatic rings. The quantitative estimate of drug-likeness (QED) is 0.782. The van der Waals surface area contributed by atoms with E-state index in [9.17, 15) is 4.79 Å². The summed E-state index contributed by atoms with van der Waals surface area (Å²) in [5.41, 5.74) is 0.714. The van der Waals surface area contributed by atoms with Crippen LogP contribution in [-0.4, -0.2) is 20.0 Å². The van der Waals surface area contributed by atoms with Gasteiger partial charge in [-0.15, -0.1) is 0 Å². The van der Waals surface area contributed by atoms with Gasteiger partial charge in [0, 0.05) is 18.1 Å². The normalized spacial score (nSPS) is 11.4. The van der Waals surface area contributed by atoms with Crippen LogP contribution in [0.5, 0.6) is 11.5 Å². The van der Waals surface area contributed by atoms with Gasteiger partial charge in [-0.25, -0.2) is 0 Å². The number of hydrogen-bond donors (Lipinski definition) is 0. The molecule has 0 amide bonds. The molecule has 1 aromatic carbocycles. The average molecular weight is 233 g/mol.